The van der Waals surface area contributed by atoms with Gasteiger partial charge >= 0.3 is 0 Å². The molecule has 0 saturated carbocycles. The monoisotopic (exact) mass is 252 g/mol. The Balaban J connectivity index is 2.12. The number of halogens is 1. The van der Waals surface area contributed by atoms with Crippen molar-refractivity contribution in [2.24, 2.45) is 0 Å². The molecule has 1 rings (SSSR count). The largest absolute Gasteiger partial charge is 0.317 e. The van der Waals surface area contributed by atoms with Crippen molar-refractivity contribution in [1.29, 1.82) is 0 Å². The fraction of sp³-hybridized carbons (Fsp3) is 0.600. The van der Waals surface area contributed by atoms with Crippen molar-refractivity contribution in [2.45, 2.75) is 32.7 Å². The van der Waals surface area contributed by atoms with Gasteiger partial charge in [0.2, 0.25) is 0 Å². The molecule has 18 heavy (non-hydrogen) atoms. The predicted molar refractivity (Wildman–Crippen MR) is 75.1 cm³/mol. The van der Waals surface area contributed by atoms with E-state index in [2.05, 4.69) is 24.2 Å². The summed E-state index contributed by atoms with van der Waals surface area (Å²) in [5, 5.41) is 3.40. The molecule has 0 radical (unpaired) electrons. The van der Waals surface area contributed by atoms with Crippen LogP contribution in [-0.2, 0) is 6.54 Å². The van der Waals surface area contributed by atoms with E-state index in [0.29, 0.717) is 0 Å². The number of unbranched alkanes of at least 4 members (excludes halogenated alkanes) is 1. The van der Waals surface area contributed by atoms with E-state index in [1.807, 2.05) is 6.07 Å². The lowest BCUT2D eigenvalue weighted by atomic mass is 10.2. The van der Waals surface area contributed by atoms with Crippen LogP contribution in [0.2, 0.25) is 0 Å². The molecule has 2 nitrogen and oxygen atoms in total. The highest BCUT2D eigenvalue weighted by atomic mass is 19.1. The Hall–Kier alpha value is -0.930. The van der Waals surface area contributed by atoms with Gasteiger partial charge in [-0.05, 0) is 63.6 Å². The first kappa shape index (κ1) is 15.1. The normalized spacial score (nSPS) is 11.1. The summed E-state index contributed by atoms with van der Waals surface area (Å²) in [5.41, 5.74) is 1.04. The van der Waals surface area contributed by atoms with Gasteiger partial charge in [0.25, 0.3) is 0 Å². The number of rotatable bonds is 9. The maximum Gasteiger partial charge on any atom is 0.123 e. The first-order valence-corrected chi connectivity index (χ1v) is 6.86. The van der Waals surface area contributed by atoms with Gasteiger partial charge in [0.15, 0.2) is 0 Å². The van der Waals surface area contributed by atoms with Crippen LogP contribution in [0.1, 0.15) is 31.7 Å². The van der Waals surface area contributed by atoms with Gasteiger partial charge in [-0.3, -0.25) is 0 Å². The molecule has 1 N–H and O–H groups in total. The van der Waals surface area contributed by atoms with Crippen molar-refractivity contribution in [3.05, 3.63) is 35.6 Å². The van der Waals surface area contributed by atoms with Gasteiger partial charge in [-0.15, -0.1) is 0 Å². The van der Waals surface area contributed by atoms with Crippen LogP contribution in [0.25, 0.3) is 0 Å². The van der Waals surface area contributed by atoms with Gasteiger partial charge in [0, 0.05) is 6.54 Å². The van der Waals surface area contributed by atoms with E-state index in [4.69, 9.17) is 0 Å². The minimum Gasteiger partial charge on any atom is -0.317 e. The second-order valence-corrected chi connectivity index (χ2v) is 4.82. The molecule has 0 bridgehead atoms. The number of nitrogens with zero attached hydrogens (tertiary/aromatic N) is 1. The molecule has 0 atom stereocenters. The summed E-state index contributed by atoms with van der Waals surface area (Å²) in [6.45, 7) is 6.27. The van der Waals surface area contributed by atoms with Crippen molar-refractivity contribution in [2.75, 3.05) is 26.7 Å². The van der Waals surface area contributed by atoms with E-state index < -0.39 is 0 Å². The molecule has 0 unspecified atom stereocenters. The summed E-state index contributed by atoms with van der Waals surface area (Å²) in [6, 6.07) is 6.85. The van der Waals surface area contributed by atoms with Gasteiger partial charge in [-0.1, -0.05) is 19.1 Å². The zero-order valence-corrected chi connectivity index (χ0v) is 11.6. The van der Waals surface area contributed by atoms with E-state index in [1.54, 1.807) is 12.1 Å². The van der Waals surface area contributed by atoms with E-state index in [0.717, 1.165) is 31.7 Å². The van der Waals surface area contributed by atoms with Crippen molar-refractivity contribution >= 4 is 0 Å². The molecule has 1 aromatic carbocycles. The Bertz CT molecular complexity index is 328. The summed E-state index contributed by atoms with van der Waals surface area (Å²) < 4.78 is 13.0. The molecule has 0 spiro atoms. The summed E-state index contributed by atoms with van der Waals surface area (Å²) in [7, 11) is 2.09. The first-order chi connectivity index (χ1) is 8.72. The van der Waals surface area contributed by atoms with Crippen molar-refractivity contribution in [1.82, 2.24) is 10.2 Å². The third kappa shape index (κ3) is 6.72. The summed E-state index contributed by atoms with van der Waals surface area (Å²) >= 11 is 0. The van der Waals surface area contributed by atoms with E-state index >= 15 is 0 Å². The second kappa shape index (κ2) is 9.06. The van der Waals surface area contributed by atoms with Crippen LogP contribution < -0.4 is 5.32 Å². The lowest BCUT2D eigenvalue weighted by molar-refractivity contribution is 0.317. The molecule has 0 amide bonds. The molecule has 0 fully saturated rings. The summed E-state index contributed by atoms with van der Waals surface area (Å²) in [5.74, 6) is -0.148. The fourth-order valence-corrected chi connectivity index (χ4v) is 1.96. The first-order valence-electron chi connectivity index (χ1n) is 6.86. The Morgan fingerprint density at radius 2 is 2.06 bits per heavy atom. The quantitative estimate of drug-likeness (QED) is 0.680. The molecule has 0 aliphatic rings. The Morgan fingerprint density at radius 1 is 1.22 bits per heavy atom. The number of benzene rings is 1. The SMILES string of the molecule is CCCNCCCCN(C)Cc1cccc(F)c1. The third-order valence-corrected chi connectivity index (χ3v) is 2.91. The van der Waals surface area contributed by atoms with Gasteiger partial charge in [-0.2, -0.15) is 0 Å². The molecule has 0 aromatic heterocycles. The molecule has 0 aliphatic heterocycles. The molecular weight excluding hydrogens is 227 g/mol. The zero-order valence-electron chi connectivity index (χ0n) is 11.6. The molecule has 3 heteroatoms. The Kier molecular flexibility index (Phi) is 7.62. The number of nitrogens with one attached hydrogen (secondary N) is 1. The minimum absolute atomic E-state index is 0.148. The van der Waals surface area contributed by atoms with Crippen LogP contribution in [0.4, 0.5) is 4.39 Å². The summed E-state index contributed by atoms with van der Waals surface area (Å²) in [6.07, 6.45) is 3.58. The van der Waals surface area contributed by atoms with Crippen molar-refractivity contribution in [3.63, 3.8) is 0 Å². The standard InChI is InChI=1S/C15H25FN2/c1-3-9-17-10-4-5-11-18(2)13-14-7-6-8-15(16)12-14/h6-8,12,17H,3-5,9-11,13H2,1-2H3. The molecule has 0 aliphatic carbocycles. The molecule has 1 aromatic rings. The average molecular weight is 252 g/mol. The number of hydrogen-bond donors (Lipinski definition) is 1. The average Bonchev–Trinajstić information content (AvgIpc) is 2.33. The zero-order chi connectivity index (χ0) is 13.2. The molecule has 0 saturated heterocycles. The van der Waals surface area contributed by atoms with Gasteiger partial charge in [0.05, 0.1) is 0 Å². The Morgan fingerprint density at radius 3 is 2.78 bits per heavy atom. The number of hydrogen-bond acceptors (Lipinski definition) is 2. The second-order valence-electron chi connectivity index (χ2n) is 4.82. The Labute approximate surface area is 110 Å². The lowest BCUT2D eigenvalue weighted by Gasteiger charge is -2.16. The van der Waals surface area contributed by atoms with Crippen molar-refractivity contribution in [3.8, 4) is 0 Å². The van der Waals surface area contributed by atoms with E-state index in [1.165, 1.54) is 25.3 Å². The topological polar surface area (TPSA) is 15.3 Å². The van der Waals surface area contributed by atoms with Crippen molar-refractivity contribution < 1.29 is 4.39 Å². The van der Waals surface area contributed by atoms with Gasteiger partial charge < -0.3 is 10.2 Å². The molecule has 0 heterocycles. The van der Waals surface area contributed by atoms with E-state index in [-0.39, 0.29) is 5.82 Å². The third-order valence-electron chi connectivity index (χ3n) is 2.91. The van der Waals surface area contributed by atoms with Crippen LogP contribution in [0.3, 0.4) is 0 Å². The highest BCUT2D eigenvalue weighted by Gasteiger charge is 2.01. The highest BCUT2D eigenvalue weighted by molar-refractivity contribution is 5.15. The predicted octanol–water partition coefficient (Wildman–Crippen LogP) is 3.04. The van der Waals surface area contributed by atoms with Crippen LogP contribution in [-0.4, -0.2) is 31.6 Å². The van der Waals surface area contributed by atoms with Crippen LogP contribution in [0, 0.1) is 5.82 Å². The van der Waals surface area contributed by atoms with Crippen LogP contribution in [0.5, 0.6) is 0 Å². The van der Waals surface area contributed by atoms with Crippen LogP contribution >= 0.6 is 0 Å². The smallest absolute Gasteiger partial charge is 0.123 e. The molecule has 102 valence electrons. The minimum atomic E-state index is -0.148. The maximum absolute atomic E-state index is 13.0. The van der Waals surface area contributed by atoms with Crippen LogP contribution in [0.15, 0.2) is 24.3 Å². The highest BCUT2D eigenvalue weighted by Crippen LogP contribution is 2.06. The molecular formula is C15H25FN2. The van der Waals surface area contributed by atoms with Gasteiger partial charge in [0.1, 0.15) is 5.82 Å². The fourth-order valence-electron chi connectivity index (χ4n) is 1.96. The van der Waals surface area contributed by atoms with E-state index in [9.17, 15) is 4.39 Å². The maximum atomic E-state index is 13.0. The lowest BCUT2D eigenvalue weighted by Crippen LogP contribution is -2.21. The summed E-state index contributed by atoms with van der Waals surface area (Å²) in [4.78, 5) is 2.24. The van der Waals surface area contributed by atoms with Gasteiger partial charge in [-0.25, -0.2) is 4.39 Å².